The van der Waals surface area contributed by atoms with Gasteiger partial charge in [0.05, 0.1) is 28.7 Å². The Morgan fingerprint density at radius 3 is 2.70 bits per heavy atom. The molecule has 1 aromatic heterocycles. The Hall–Kier alpha value is -3.04. The molecule has 27 heavy (non-hydrogen) atoms. The SMILES string of the molecule is C[C@H](NC(=O)Cc1nc2ccc(-c3ccccc3)cc2s1)C(=O)CCC#N. The number of nitrogens with one attached hydrogen (secondary N) is 1. The zero-order chi connectivity index (χ0) is 19.2. The molecule has 0 fully saturated rings. The Labute approximate surface area is 161 Å². The van der Waals surface area contributed by atoms with E-state index < -0.39 is 6.04 Å². The highest BCUT2D eigenvalue weighted by molar-refractivity contribution is 7.18. The van der Waals surface area contributed by atoms with Crippen LogP contribution in [-0.4, -0.2) is 22.7 Å². The third kappa shape index (κ3) is 4.78. The molecular weight excluding hydrogens is 358 g/mol. The number of thiazole rings is 1. The van der Waals surface area contributed by atoms with Crippen LogP contribution in [0.1, 0.15) is 24.8 Å². The van der Waals surface area contributed by atoms with E-state index in [9.17, 15) is 9.59 Å². The lowest BCUT2D eigenvalue weighted by molar-refractivity contribution is -0.127. The van der Waals surface area contributed by atoms with E-state index in [1.165, 1.54) is 11.3 Å². The Morgan fingerprint density at radius 2 is 1.96 bits per heavy atom. The number of carbonyl (C=O) groups excluding carboxylic acids is 2. The fourth-order valence-corrected chi connectivity index (χ4v) is 3.77. The van der Waals surface area contributed by atoms with Crippen molar-refractivity contribution in [2.75, 3.05) is 0 Å². The molecule has 1 heterocycles. The highest BCUT2D eigenvalue weighted by Crippen LogP contribution is 2.28. The molecule has 0 bridgehead atoms. The first kappa shape index (κ1) is 18.7. The van der Waals surface area contributed by atoms with Crippen LogP contribution in [0.25, 0.3) is 21.3 Å². The Bertz CT molecular complexity index is 1010. The van der Waals surface area contributed by atoms with Gasteiger partial charge in [-0.2, -0.15) is 5.26 Å². The van der Waals surface area contributed by atoms with Crippen LogP contribution in [0, 0.1) is 11.3 Å². The number of hydrogen-bond acceptors (Lipinski definition) is 5. The maximum absolute atomic E-state index is 12.2. The second-order valence-electron chi connectivity index (χ2n) is 6.25. The molecule has 5 nitrogen and oxygen atoms in total. The summed E-state index contributed by atoms with van der Waals surface area (Å²) in [5, 5.41) is 11.9. The minimum Gasteiger partial charge on any atom is -0.346 e. The minimum atomic E-state index is -0.593. The third-order valence-corrected chi connectivity index (χ3v) is 5.21. The van der Waals surface area contributed by atoms with Crippen molar-refractivity contribution in [1.82, 2.24) is 10.3 Å². The molecule has 1 atom stereocenters. The van der Waals surface area contributed by atoms with E-state index in [1.807, 2.05) is 36.4 Å². The number of carbonyl (C=O) groups is 2. The van der Waals surface area contributed by atoms with Gasteiger partial charge in [-0.1, -0.05) is 36.4 Å². The van der Waals surface area contributed by atoms with Gasteiger partial charge in [0.2, 0.25) is 5.91 Å². The van der Waals surface area contributed by atoms with Crippen LogP contribution in [0.3, 0.4) is 0 Å². The smallest absolute Gasteiger partial charge is 0.227 e. The number of benzene rings is 2. The average Bonchev–Trinajstić information content (AvgIpc) is 3.07. The summed E-state index contributed by atoms with van der Waals surface area (Å²) in [5.41, 5.74) is 3.11. The van der Waals surface area contributed by atoms with E-state index in [1.54, 1.807) is 6.92 Å². The molecule has 2 aromatic carbocycles. The lowest BCUT2D eigenvalue weighted by atomic mass is 10.1. The predicted molar refractivity (Wildman–Crippen MR) is 106 cm³/mol. The predicted octanol–water partition coefficient (Wildman–Crippen LogP) is 3.88. The number of hydrogen-bond donors (Lipinski definition) is 1. The summed E-state index contributed by atoms with van der Waals surface area (Å²) in [6.07, 6.45) is 0.456. The van der Waals surface area contributed by atoms with Crippen LogP contribution >= 0.6 is 11.3 Å². The molecule has 136 valence electrons. The normalized spacial score (nSPS) is 11.7. The summed E-state index contributed by atoms with van der Waals surface area (Å²) >= 11 is 1.48. The number of nitrogens with zero attached hydrogens (tertiary/aromatic N) is 2. The number of aromatic nitrogens is 1. The quantitative estimate of drug-likeness (QED) is 0.677. The van der Waals surface area contributed by atoms with Crippen molar-refractivity contribution in [3.63, 3.8) is 0 Å². The van der Waals surface area contributed by atoms with Crippen LogP contribution in [0.15, 0.2) is 48.5 Å². The highest BCUT2D eigenvalue weighted by Gasteiger charge is 2.16. The summed E-state index contributed by atoms with van der Waals surface area (Å²) in [7, 11) is 0. The first-order valence-electron chi connectivity index (χ1n) is 8.70. The number of Topliss-reactive ketones (excluding diaryl/α,β-unsaturated/α-hetero) is 1. The summed E-state index contributed by atoms with van der Waals surface area (Å²) in [4.78, 5) is 28.5. The molecule has 3 aromatic rings. The molecule has 1 N–H and O–H groups in total. The van der Waals surface area contributed by atoms with Gasteiger partial charge in [0, 0.05) is 12.8 Å². The Balaban J connectivity index is 1.68. The van der Waals surface area contributed by atoms with Crippen molar-refractivity contribution in [2.24, 2.45) is 0 Å². The van der Waals surface area contributed by atoms with Crippen molar-refractivity contribution < 1.29 is 9.59 Å². The van der Waals surface area contributed by atoms with Gasteiger partial charge in [-0.3, -0.25) is 9.59 Å². The van der Waals surface area contributed by atoms with Gasteiger partial charge in [-0.15, -0.1) is 11.3 Å². The topological polar surface area (TPSA) is 82.8 Å². The second kappa shape index (κ2) is 8.56. The number of amides is 1. The first-order valence-corrected chi connectivity index (χ1v) is 9.52. The number of nitriles is 1. The lowest BCUT2D eigenvalue weighted by Crippen LogP contribution is -2.39. The van der Waals surface area contributed by atoms with E-state index in [-0.39, 0.29) is 31.0 Å². The number of rotatable bonds is 7. The highest BCUT2D eigenvalue weighted by atomic mass is 32.1. The van der Waals surface area contributed by atoms with E-state index in [2.05, 4.69) is 28.5 Å². The van der Waals surface area contributed by atoms with E-state index in [0.29, 0.717) is 5.01 Å². The van der Waals surface area contributed by atoms with E-state index in [4.69, 9.17) is 5.26 Å². The lowest BCUT2D eigenvalue weighted by Gasteiger charge is -2.11. The zero-order valence-electron chi connectivity index (χ0n) is 14.9. The first-order chi connectivity index (χ1) is 13.1. The summed E-state index contributed by atoms with van der Waals surface area (Å²) in [5.74, 6) is -0.378. The molecule has 0 radical (unpaired) electrons. The maximum Gasteiger partial charge on any atom is 0.227 e. The minimum absolute atomic E-state index is 0.135. The molecular formula is C21H19N3O2S. The van der Waals surface area contributed by atoms with Crippen LogP contribution in [-0.2, 0) is 16.0 Å². The maximum atomic E-state index is 12.2. The summed E-state index contributed by atoms with van der Waals surface area (Å²) < 4.78 is 1.03. The van der Waals surface area contributed by atoms with Crippen molar-refractivity contribution in [2.45, 2.75) is 32.2 Å². The third-order valence-electron chi connectivity index (χ3n) is 4.20. The van der Waals surface area contributed by atoms with Crippen LogP contribution in [0.2, 0.25) is 0 Å². The Morgan fingerprint density at radius 1 is 1.19 bits per heavy atom. The van der Waals surface area contributed by atoms with Gasteiger partial charge in [-0.25, -0.2) is 4.98 Å². The van der Waals surface area contributed by atoms with Gasteiger partial charge in [0.1, 0.15) is 5.01 Å². The van der Waals surface area contributed by atoms with E-state index >= 15 is 0 Å². The summed E-state index contributed by atoms with van der Waals surface area (Å²) in [6, 6.07) is 17.5. The van der Waals surface area contributed by atoms with Crippen LogP contribution < -0.4 is 5.32 Å². The van der Waals surface area contributed by atoms with Gasteiger partial charge in [0.15, 0.2) is 5.78 Å². The largest absolute Gasteiger partial charge is 0.346 e. The fourth-order valence-electron chi connectivity index (χ4n) is 2.76. The summed E-state index contributed by atoms with van der Waals surface area (Å²) in [6.45, 7) is 1.64. The van der Waals surface area contributed by atoms with Gasteiger partial charge >= 0.3 is 0 Å². The second-order valence-corrected chi connectivity index (χ2v) is 7.36. The van der Waals surface area contributed by atoms with Gasteiger partial charge in [-0.05, 0) is 30.2 Å². The molecule has 0 aliphatic carbocycles. The van der Waals surface area contributed by atoms with E-state index in [0.717, 1.165) is 21.3 Å². The fraction of sp³-hybridized carbons (Fsp3) is 0.238. The molecule has 0 unspecified atom stereocenters. The average molecular weight is 377 g/mol. The van der Waals surface area contributed by atoms with Crippen LogP contribution in [0.4, 0.5) is 0 Å². The van der Waals surface area contributed by atoms with Crippen molar-refractivity contribution >= 4 is 33.2 Å². The molecule has 0 aliphatic rings. The molecule has 3 rings (SSSR count). The Kier molecular flexibility index (Phi) is 5.94. The number of ketones is 1. The molecule has 0 spiro atoms. The zero-order valence-corrected chi connectivity index (χ0v) is 15.8. The van der Waals surface area contributed by atoms with Crippen LogP contribution in [0.5, 0.6) is 0 Å². The van der Waals surface area contributed by atoms with Gasteiger partial charge < -0.3 is 5.32 Å². The van der Waals surface area contributed by atoms with Gasteiger partial charge in [0.25, 0.3) is 0 Å². The standard InChI is InChI=1S/C21H19N3O2S/c1-14(18(25)8-5-11-22)23-20(26)13-21-24-17-10-9-16(12-19(17)27-21)15-6-3-2-4-7-15/h2-4,6-7,9-10,12,14H,5,8,13H2,1H3,(H,23,26)/t14-/m0/s1. The van der Waals surface area contributed by atoms with Crippen molar-refractivity contribution in [3.8, 4) is 17.2 Å². The molecule has 0 saturated carbocycles. The molecule has 0 saturated heterocycles. The number of fused-ring (bicyclic) bond motifs is 1. The molecule has 0 aliphatic heterocycles. The monoisotopic (exact) mass is 377 g/mol. The van der Waals surface area contributed by atoms with Crippen molar-refractivity contribution in [1.29, 1.82) is 5.26 Å². The molecule has 1 amide bonds. The van der Waals surface area contributed by atoms with Crippen molar-refractivity contribution in [3.05, 3.63) is 53.5 Å². The molecule has 6 heteroatoms.